The van der Waals surface area contributed by atoms with Crippen LogP contribution in [-0.4, -0.2) is 73.7 Å². The van der Waals surface area contributed by atoms with Crippen molar-refractivity contribution in [2.45, 2.75) is 24.9 Å². The van der Waals surface area contributed by atoms with Crippen LogP contribution in [0.2, 0.25) is 0 Å². The number of rotatable bonds is 5. The molecule has 1 heterocycles. The summed E-state index contributed by atoms with van der Waals surface area (Å²) in [7, 11) is 5.91. The first-order valence-electron chi connectivity index (χ1n) is 5.83. The molecule has 16 heavy (non-hydrogen) atoms. The number of carbonyl (C=O) groups is 1. The van der Waals surface area contributed by atoms with E-state index in [2.05, 4.69) is 29.2 Å². The van der Waals surface area contributed by atoms with Crippen LogP contribution in [0.1, 0.15) is 12.8 Å². The highest BCUT2D eigenvalue weighted by Gasteiger charge is 2.24. The Morgan fingerprint density at radius 1 is 1.50 bits per heavy atom. The van der Waals surface area contributed by atoms with Crippen LogP contribution >= 0.6 is 0 Å². The minimum atomic E-state index is -0.766. The average Bonchev–Trinajstić information content (AvgIpc) is 2.26. The zero-order valence-electron chi connectivity index (χ0n) is 10.4. The van der Waals surface area contributed by atoms with Gasteiger partial charge in [0.15, 0.2) is 0 Å². The van der Waals surface area contributed by atoms with Gasteiger partial charge in [-0.2, -0.15) is 0 Å². The van der Waals surface area contributed by atoms with E-state index in [1.165, 1.54) is 0 Å². The Bertz CT molecular complexity index is 225. The van der Waals surface area contributed by atoms with Crippen LogP contribution in [0.25, 0.3) is 0 Å². The number of nitrogens with zero attached hydrogens (tertiary/aromatic N) is 2. The van der Waals surface area contributed by atoms with Gasteiger partial charge in [-0.05, 0) is 47.1 Å². The number of carboxylic acid groups (broad SMARTS) is 1. The largest absolute Gasteiger partial charge is 0.480 e. The second-order valence-electron chi connectivity index (χ2n) is 4.67. The van der Waals surface area contributed by atoms with Gasteiger partial charge in [0.2, 0.25) is 0 Å². The van der Waals surface area contributed by atoms with Gasteiger partial charge in [-0.3, -0.25) is 4.79 Å². The summed E-state index contributed by atoms with van der Waals surface area (Å²) >= 11 is 0. The minimum absolute atomic E-state index is 0.448. The van der Waals surface area contributed by atoms with Crippen LogP contribution in [0.5, 0.6) is 0 Å². The van der Waals surface area contributed by atoms with Crippen LogP contribution in [0.15, 0.2) is 0 Å². The normalized spacial score (nSPS) is 21.2. The van der Waals surface area contributed by atoms with Crippen molar-refractivity contribution in [1.82, 2.24) is 15.1 Å². The average molecular weight is 229 g/mol. The van der Waals surface area contributed by atoms with E-state index >= 15 is 0 Å². The molecule has 0 amide bonds. The molecule has 0 aliphatic carbocycles. The second-order valence-corrected chi connectivity index (χ2v) is 4.67. The lowest BCUT2D eigenvalue weighted by molar-refractivity contribution is -0.139. The molecule has 2 N–H and O–H groups in total. The van der Waals surface area contributed by atoms with Crippen molar-refractivity contribution in [2.75, 3.05) is 40.8 Å². The first-order chi connectivity index (χ1) is 7.54. The molecule has 0 saturated carbocycles. The van der Waals surface area contributed by atoms with E-state index in [1.54, 1.807) is 7.05 Å². The predicted octanol–water partition coefficient (Wildman–Crippen LogP) is -0.315. The maximum Gasteiger partial charge on any atom is 0.322 e. The quantitative estimate of drug-likeness (QED) is 0.677. The topological polar surface area (TPSA) is 55.8 Å². The SMILES string of the molecule is CNC(CN1CCC(N(C)C)CC1)C(=O)O. The summed E-state index contributed by atoms with van der Waals surface area (Å²) in [6, 6.07) is 0.199. The van der Waals surface area contributed by atoms with Gasteiger partial charge < -0.3 is 20.2 Å². The predicted molar refractivity (Wildman–Crippen MR) is 63.6 cm³/mol. The van der Waals surface area contributed by atoms with Gasteiger partial charge in [-0.25, -0.2) is 0 Å². The summed E-state index contributed by atoms with van der Waals surface area (Å²) in [4.78, 5) is 15.4. The summed E-state index contributed by atoms with van der Waals surface area (Å²) in [5, 5.41) is 11.8. The maximum atomic E-state index is 10.9. The van der Waals surface area contributed by atoms with Crippen molar-refractivity contribution in [3.8, 4) is 0 Å². The number of nitrogens with one attached hydrogen (secondary N) is 1. The highest BCUT2D eigenvalue weighted by atomic mass is 16.4. The number of piperidine rings is 1. The highest BCUT2D eigenvalue weighted by Crippen LogP contribution is 2.14. The van der Waals surface area contributed by atoms with Crippen molar-refractivity contribution in [2.24, 2.45) is 0 Å². The van der Waals surface area contributed by atoms with Crippen molar-refractivity contribution >= 4 is 5.97 Å². The van der Waals surface area contributed by atoms with Crippen molar-refractivity contribution in [1.29, 1.82) is 0 Å². The van der Waals surface area contributed by atoms with Crippen LogP contribution in [0.3, 0.4) is 0 Å². The molecule has 1 aliphatic heterocycles. The molecule has 1 rings (SSSR count). The second kappa shape index (κ2) is 6.18. The monoisotopic (exact) mass is 229 g/mol. The molecule has 0 aromatic carbocycles. The van der Waals surface area contributed by atoms with Gasteiger partial charge >= 0.3 is 5.97 Å². The molecular weight excluding hydrogens is 206 g/mol. The number of likely N-dealkylation sites (N-methyl/N-ethyl adjacent to an activating group) is 1. The molecule has 1 atom stereocenters. The smallest absolute Gasteiger partial charge is 0.322 e. The zero-order chi connectivity index (χ0) is 12.1. The van der Waals surface area contributed by atoms with E-state index in [9.17, 15) is 4.79 Å². The van der Waals surface area contributed by atoms with Gasteiger partial charge in [-0.15, -0.1) is 0 Å². The summed E-state index contributed by atoms with van der Waals surface area (Å²) in [5.74, 6) is -0.766. The molecule has 1 fully saturated rings. The van der Waals surface area contributed by atoms with E-state index in [0.29, 0.717) is 12.6 Å². The van der Waals surface area contributed by atoms with Gasteiger partial charge in [-0.1, -0.05) is 0 Å². The summed E-state index contributed by atoms with van der Waals surface area (Å²) in [6.45, 7) is 2.59. The molecule has 5 heteroatoms. The lowest BCUT2D eigenvalue weighted by atomic mass is 10.0. The van der Waals surface area contributed by atoms with E-state index in [4.69, 9.17) is 5.11 Å². The van der Waals surface area contributed by atoms with Crippen LogP contribution in [0, 0.1) is 0 Å². The fourth-order valence-corrected chi connectivity index (χ4v) is 2.17. The Morgan fingerprint density at radius 3 is 2.44 bits per heavy atom. The first kappa shape index (κ1) is 13.4. The van der Waals surface area contributed by atoms with E-state index in [-0.39, 0.29) is 0 Å². The number of aliphatic carboxylic acids is 1. The molecule has 1 saturated heterocycles. The Balaban J connectivity index is 2.34. The molecule has 94 valence electrons. The molecule has 0 radical (unpaired) electrons. The molecule has 1 unspecified atom stereocenters. The Labute approximate surface area is 97.4 Å². The molecule has 0 aromatic heterocycles. The number of likely N-dealkylation sites (tertiary alicyclic amines) is 1. The number of hydrogen-bond acceptors (Lipinski definition) is 4. The molecule has 1 aliphatic rings. The molecular formula is C11H23N3O2. The van der Waals surface area contributed by atoms with E-state index in [1.807, 2.05) is 0 Å². The van der Waals surface area contributed by atoms with Gasteiger partial charge in [0.25, 0.3) is 0 Å². The molecule has 0 aromatic rings. The summed E-state index contributed by atoms with van der Waals surface area (Å²) in [6.07, 6.45) is 2.26. The van der Waals surface area contributed by atoms with Gasteiger partial charge in [0.05, 0.1) is 0 Å². The first-order valence-corrected chi connectivity index (χ1v) is 5.83. The van der Waals surface area contributed by atoms with Crippen molar-refractivity contribution < 1.29 is 9.90 Å². The number of carboxylic acids is 1. The van der Waals surface area contributed by atoms with Crippen LogP contribution in [-0.2, 0) is 4.79 Å². The third-order valence-corrected chi connectivity index (χ3v) is 3.37. The van der Waals surface area contributed by atoms with E-state index in [0.717, 1.165) is 25.9 Å². The van der Waals surface area contributed by atoms with Gasteiger partial charge in [0, 0.05) is 12.6 Å². The fraction of sp³-hybridized carbons (Fsp3) is 0.909. The Kier molecular flexibility index (Phi) is 5.18. The van der Waals surface area contributed by atoms with E-state index < -0.39 is 12.0 Å². The highest BCUT2D eigenvalue weighted by molar-refractivity contribution is 5.73. The Morgan fingerprint density at radius 2 is 2.06 bits per heavy atom. The Hall–Kier alpha value is -0.650. The van der Waals surface area contributed by atoms with Crippen molar-refractivity contribution in [3.05, 3.63) is 0 Å². The molecule has 0 bridgehead atoms. The van der Waals surface area contributed by atoms with Crippen LogP contribution < -0.4 is 5.32 Å². The fourth-order valence-electron chi connectivity index (χ4n) is 2.17. The summed E-state index contributed by atoms with van der Waals surface area (Å²) in [5.41, 5.74) is 0. The van der Waals surface area contributed by atoms with Crippen molar-refractivity contribution in [3.63, 3.8) is 0 Å². The lowest BCUT2D eigenvalue weighted by Gasteiger charge is -2.36. The minimum Gasteiger partial charge on any atom is -0.480 e. The molecule has 5 nitrogen and oxygen atoms in total. The zero-order valence-corrected chi connectivity index (χ0v) is 10.4. The molecule has 0 spiro atoms. The third-order valence-electron chi connectivity index (χ3n) is 3.37. The third kappa shape index (κ3) is 3.73. The lowest BCUT2D eigenvalue weighted by Crippen LogP contribution is -2.49. The maximum absolute atomic E-state index is 10.9. The van der Waals surface area contributed by atoms with Crippen LogP contribution in [0.4, 0.5) is 0 Å². The summed E-state index contributed by atoms with van der Waals surface area (Å²) < 4.78 is 0. The van der Waals surface area contributed by atoms with Gasteiger partial charge in [0.1, 0.15) is 6.04 Å². The standard InChI is InChI=1S/C11H23N3O2/c1-12-10(11(15)16)8-14-6-4-9(5-7-14)13(2)3/h9-10,12H,4-8H2,1-3H3,(H,15,16). The number of hydrogen-bond donors (Lipinski definition) is 2.